The smallest absolute Gasteiger partial charge is 0.404 e. The first-order valence-corrected chi connectivity index (χ1v) is 11.7. The van der Waals surface area contributed by atoms with Gasteiger partial charge in [0.05, 0.1) is 15.7 Å². The number of amides is 1. The summed E-state index contributed by atoms with van der Waals surface area (Å²) in [7, 11) is 1.70. The van der Waals surface area contributed by atoms with E-state index in [1.807, 2.05) is 0 Å². The number of carbonyl (C=O) groups is 1. The SMILES string of the molecule is Cn1c(N2CCC3(CCCC3NC(=O)O)CC2)nc2n[nH]c(-c3cccc(Cl)c3Cl)c2c1=O. The van der Waals surface area contributed by atoms with E-state index in [1.54, 1.807) is 29.8 Å². The predicted molar refractivity (Wildman–Crippen MR) is 127 cm³/mol. The number of carboxylic acid groups (broad SMARTS) is 1. The van der Waals surface area contributed by atoms with Gasteiger partial charge in [0.15, 0.2) is 5.65 Å². The number of hydrogen-bond acceptors (Lipinski definition) is 5. The Morgan fingerprint density at radius 1 is 1.27 bits per heavy atom. The van der Waals surface area contributed by atoms with Gasteiger partial charge < -0.3 is 15.3 Å². The molecule has 1 saturated carbocycles. The van der Waals surface area contributed by atoms with Crippen LogP contribution in [0.1, 0.15) is 32.1 Å². The normalized spacial score (nSPS) is 20.0. The lowest BCUT2D eigenvalue weighted by molar-refractivity contribution is 0.149. The minimum absolute atomic E-state index is 0.0206. The molecule has 2 aromatic heterocycles. The van der Waals surface area contributed by atoms with E-state index in [0.717, 1.165) is 32.1 Å². The van der Waals surface area contributed by atoms with Crippen molar-refractivity contribution < 1.29 is 9.90 Å². The lowest BCUT2D eigenvalue weighted by atomic mass is 9.74. The highest BCUT2D eigenvalue weighted by atomic mass is 35.5. The van der Waals surface area contributed by atoms with Crippen LogP contribution in [0.15, 0.2) is 23.0 Å². The molecule has 1 spiro atoms. The Hall–Kier alpha value is -2.78. The number of aromatic nitrogens is 4. The van der Waals surface area contributed by atoms with E-state index in [1.165, 1.54) is 0 Å². The average Bonchev–Trinajstić information content (AvgIpc) is 3.38. The molecule has 2 fully saturated rings. The highest BCUT2D eigenvalue weighted by molar-refractivity contribution is 6.43. The standard InChI is InChI=1S/C22H24Cl2N6O3/c1-29-19(31)15-17(12-4-2-5-13(23)16(12)24)27-28-18(15)26-20(29)30-10-8-22(9-11-30)7-3-6-14(22)25-21(32)33/h2,4-5,14,25H,3,6-11H2,1H3,(H,27,28)(H,32,33). The van der Waals surface area contributed by atoms with Crippen LogP contribution >= 0.6 is 23.2 Å². The third kappa shape index (κ3) is 3.63. The van der Waals surface area contributed by atoms with E-state index in [-0.39, 0.29) is 17.0 Å². The minimum atomic E-state index is -0.965. The van der Waals surface area contributed by atoms with E-state index in [9.17, 15) is 14.7 Å². The largest absolute Gasteiger partial charge is 0.465 e. The zero-order chi connectivity index (χ0) is 23.3. The molecule has 5 rings (SSSR count). The highest BCUT2D eigenvalue weighted by Gasteiger charge is 2.45. The molecule has 1 saturated heterocycles. The molecule has 1 aliphatic carbocycles. The summed E-state index contributed by atoms with van der Waals surface area (Å²) < 4.78 is 1.54. The number of benzene rings is 1. The maximum atomic E-state index is 13.4. The van der Waals surface area contributed by atoms with Crippen molar-refractivity contribution in [2.24, 2.45) is 12.5 Å². The molecule has 9 nitrogen and oxygen atoms in total. The molecule has 0 radical (unpaired) electrons. The van der Waals surface area contributed by atoms with Crippen molar-refractivity contribution in [2.45, 2.75) is 38.1 Å². The predicted octanol–water partition coefficient (Wildman–Crippen LogP) is 4.04. The number of H-pyrrole nitrogens is 1. The molecule has 11 heteroatoms. The van der Waals surface area contributed by atoms with Gasteiger partial charge in [0, 0.05) is 31.7 Å². The topological polar surface area (TPSA) is 116 Å². The van der Waals surface area contributed by atoms with Crippen molar-refractivity contribution >= 4 is 46.3 Å². The first-order valence-electron chi connectivity index (χ1n) is 10.9. The second kappa shape index (κ2) is 8.22. The second-order valence-electron chi connectivity index (χ2n) is 8.92. The molecule has 3 N–H and O–H groups in total. The molecule has 3 heterocycles. The van der Waals surface area contributed by atoms with E-state index >= 15 is 0 Å². The van der Waals surface area contributed by atoms with Gasteiger partial charge in [-0.05, 0) is 37.2 Å². The fourth-order valence-electron chi connectivity index (χ4n) is 5.48. The molecular formula is C22H24Cl2N6O3. The zero-order valence-corrected chi connectivity index (χ0v) is 19.6. The van der Waals surface area contributed by atoms with Crippen molar-refractivity contribution in [3.05, 3.63) is 38.6 Å². The summed E-state index contributed by atoms with van der Waals surface area (Å²) in [6.07, 6.45) is 3.63. The number of anilines is 1. The van der Waals surface area contributed by atoms with Crippen LogP contribution in [0.3, 0.4) is 0 Å². The minimum Gasteiger partial charge on any atom is -0.465 e. The Morgan fingerprint density at radius 3 is 2.76 bits per heavy atom. The van der Waals surface area contributed by atoms with Gasteiger partial charge in [-0.15, -0.1) is 0 Å². The third-order valence-electron chi connectivity index (χ3n) is 7.24. The van der Waals surface area contributed by atoms with Gasteiger partial charge in [0.1, 0.15) is 5.39 Å². The number of nitrogens with one attached hydrogen (secondary N) is 2. The first-order chi connectivity index (χ1) is 15.8. The number of aromatic amines is 1. The number of hydrogen-bond donors (Lipinski definition) is 3. The van der Waals surface area contributed by atoms with Crippen LogP contribution in [0.5, 0.6) is 0 Å². The van der Waals surface area contributed by atoms with Gasteiger partial charge in [0.25, 0.3) is 5.56 Å². The van der Waals surface area contributed by atoms with Crippen molar-refractivity contribution in [2.75, 3.05) is 18.0 Å². The van der Waals surface area contributed by atoms with Crippen LogP contribution in [-0.2, 0) is 7.05 Å². The third-order valence-corrected chi connectivity index (χ3v) is 8.06. The Kier molecular flexibility index (Phi) is 5.49. The van der Waals surface area contributed by atoms with Gasteiger partial charge in [-0.3, -0.25) is 14.5 Å². The molecule has 1 unspecified atom stereocenters. The molecule has 1 amide bonds. The Bertz CT molecular complexity index is 1300. The van der Waals surface area contributed by atoms with Crippen molar-refractivity contribution in [1.82, 2.24) is 25.1 Å². The highest BCUT2D eigenvalue weighted by Crippen LogP contribution is 2.47. The number of nitrogens with zero attached hydrogens (tertiary/aromatic N) is 4. The summed E-state index contributed by atoms with van der Waals surface area (Å²) >= 11 is 12.5. The Labute approximate surface area is 199 Å². The lowest BCUT2D eigenvalue weighted by Crippen LogP contribution is -2.50. The first kappa shape index (κ1) is 22.0. The van der Waals surface area contributed by atoms with Crippen LogP contribution in [0.4, 0.5) is 10.7 Å². The summed E-state index contributed by atoms with van der Waals surface area (Å²) in [5.41, 5.74) is 1.16. The molecule has 0 bridgehead atoms. The van der Waals surface area contributed by atoms with Crippen molar-refractivity contribution in [3.63, 3.8) is 0 Å². The molecule has 1 atom stereocenters. The van der Waals surface area contributed by atoms with E-state index in [4.69, 9.17) is 28.2 Å². The molecule has 2 aliphatic rings. The quantitative estimate of drug-likeness (QED) is 0.510. The monoisotopic (exact) mass is 490 g/mol. The van der Waals surface area contributed by atoms with Gasteiger partial charge in [-0.25, -0.2) is 4.79 Å². The van der Waals surface area contributed by atoms with Crippen LogP contribution in [0.2, 0.25) is 10.0 Å². The Morgan fingerprint density at radius 2 is 2.03 bits per heavy atom. The number of piperidine rings is 1. The fraction of sp³-hybridized carbons (Fsp3) is 0.455. The number of rotatable bonds is 3. The summed E-state index contributed by atoms with van der Waals surface area (Å²) in [5.74, 6) is 0.554. The molecular weight excluding hydrogens is 467 g/mol. The number of fused-ring (bicyclic) bond motifs is 1. The summed E-state index contributed by atoms with van der Waals surface area (Å²) in [5, 5.41) is 20.2. The lowest BCUT2D eigenvalue weighted by Gasteiger charge is -2.43. The summed E-state index contributed by atoms with van der Waals surface area (Å²) in [4.78, 5) is 31.4. The summed E-state index contributed by atoms with van der Waals surface area (Å²) in [6, 6.07) is 5.21. The molecule has 1 aliphatic heterocycles. The number of halogens is 2. The average molecular weight is 491 g/mol. The zero-order valence-electron chi connectivity index (χ0n) is 18.1. The van der Waals surface area contributed by atoms with Crippen LogP contribution in [0.25, 0.3) is 22.3 Å². The molecule has 33 heavy (non-hydrogen) atoms. The summed E-state index contributed by atoms with van der Waals surface area (Å²) in [6.45, 7) is 1.39. The second-order valence-corrected chi connectivity index (χ2v) is 9.70. The van der Waals surface area contributed by atoms with Crippen LogP contribution in [0, 0.1) is 5.41 Å². The van der Waals surface area contributed by atoms with E-state index < -0.39 is 6.09 Å². The van der Waals surface area contributed by atoms with Gasteiger partial charge in [-0.1, -0.05) is 41.8 Å². The van der Waals surface area contributed by atoms with Gasteiger partial charge >= 0.3 is 6.09 Å². The van der Waals surface area contributed by atoms with Crippen molar-refractivity contribution in [1.29, 1.82) is 0 Å². The Balaban J connectivity index is 1.46. The molecule has 1 aromatic carbocycles. The molecule has 3 aromatic rings. The van der Waals surface area contributed by atoms with E-state index in [2.05, 4.69) is 20.4 Å². The van der Waals surface area contributed by atoms with Crippen molar-refractivity contribution in [3.8, 4) is 11.3 Å². The maximum absolute atomic E-state index is 13.4. The van der Waals surface area contributed by atoms with Gasteiger partial charge in [-0.2, -0.15) is 10.1 Å². The molecule has 174 valence electrons. The van der Waals surface area contributed by atoms with Crippen LogP contribution in [-0.4, -0.2) is 50.1 Å². The van der Waals surface area contributed by atoms with Gasteiger partial charge in [0.2, 0.25) is 5.95 Å². The van der Waals surface area contributed by atoms with E-state index in [0.29, 0.717) is 51.4 Å². The van der Waals surface area contributed by atoms with Crippen LogP contribution < -0.4 is 15.8 Å². The maximum Gasteiger partial charge on any atom is 0.404 e. The fourth-order valence-corrected chi connectivity index (χ4v) is 5.88.